The summed E-state index contributed by atoms with van der Waals surface area (Å²) in [6, 6.07) is 6.99. The molecule has 0 atom stereocenters. The third-order valence-corrected chi connectivity index (χ3v) is 2.02. The fourth-order valence-electron chi connectivity index (χ4n) is 1.26. The quantitative estimate of drug-likeness (QED) is 0.667. The molecule has 1 aromatic rings. The third kappa shape index (κ3) is 1.91. The summed E-state index contributed by atoms with van der Waals surface area (Å²) in [5, 5.41) is 8.68. The molecular weight excluding hydrogens is 178 g/mol. The Hall–Kier alpha value is -1.82. The molecule has 0 aliphatic carbocycles. The minimum Gasteiger partial charge on any atom is -0.465 e. The number of esters is 1. The number of nitriles is 1. The largest absolute Gasteiger partial charge is 0.465 e. The summed E-state index contributed by atoms with van der Waals surface area (Å²) in [5.74, 6) is -0.355. The summed E-state index contributed by atoms with van der Waals surface area (Å²) in [6.07, 6.45) is 0.708. The highest BCUT2D eigenvalue weighted by Crippen LogP contribution is 2.13. The van der Waals surface area contributed by atoms with E-state index in [1.165, 1.54) is 7.11 Å². The fraction of sp³-hybridized carbons (Fsp3) is 0.273. The molecule has 0 saturated carbocycles. The molecule has 0 aromatic heterocycles. The number of methoxy groups -OCH3 is 1. The summed E-state index contributed by atoms with van der Waals surface area (Å²) in [4.78, 5) is 11.3. The van der Waals surface area contributed by atoms with Gasteiger partial charge in [0, 0.05) is 0 Å². The van der Waals surface area contributed by atoms with Crippen molar-refractivity contribution in [2.45, 2.75) is 13.3 Å². The molecule has 0 N–H and O–H groups in total. The van der Waals surface area contributed by atoms with Crippen LogP contribution < -0.4 is 0 Å². The molecule has 0 aliphatic rings. The van der Waals surface area contributed by atoms with E-state index < -0.39 is 0 Å². The van der Waals surface area contributed by atoms with Gasteiger partial charge in [-0.15, -0.1) is 0 Å². The van der Waals surface area contributed by atoms with Crippen LogP contribution in [0.4, 0.5) is 0 Å². The van der Waals surface area contributed by atoms with Crippen LogP contribution in [0.2, 0.25) is 0 Å². The highest BCUT2D eigenvalue weighted by molar-refractivity contribution is 5.91. The van der Waals surface area contributed by atoms with E-state index >= 15 is 0 Å². The number of hydrogen-bond acceptors (Lipinski definition) is 3. The summed E-state index contributed by atoms with van der Waals surface area (Å²) in [6.45, 7) is 1.93. The van der Waals surface area contributed by atoms with E-state index in [0.717, 1.165) is 5.56 Å². The monoisotopic (exact) mass is 189 g/mol. The molecule has 3 heteroatoms. The molecule has 0 aliphatic heterocycles. The molecule has 14 heavy (non-hydrogen) atoms. The molecule has 0 amide bonds. The van der Waals surface area contributed by atoms with Gasteiger partial charge in [-0.25, -0.2) is 4.79 Å². The summed E-state index contributed by atoms with van der Waals surface area (Å²) >= 11 is 0. The van der Waals surface area contributed by atoms with Crippen molar-refractivity contribution in [1.82, 2.24) is 0 Å². The normalized spacial score (nSPS) is 9.21. The van der Waals surface area contributed by atoms with Gasteiger partial charge in [-0.3, -0.25) is 0 Å². The van der Waals surface area contributed by atoms with E-state index in [1.807, 2.05) is 13.0 Å². The van der Waals surface area contributed by atoms with Gasteiger partial charge < -0.3 is 4.74 Å². The Kier molecular flexibility index (Phi) is 3.24. The zero-order valence-corrected chi connectivity index (χ0v) is 8.20. The van der Waals surface area contributed by atoms with Gasteiger partial charge in [0.15, 0.2) is 0 Å². The molecule has 1 rings (SSSR count). The first-order valence-corrected chi connectivity index (χ1v) is 4.34. The van der Waals surface area contributed by atoms with Gasteiger partial charge >= 0.3 is 5.97 Å². The average molecular weight is 189 g/mol. The van der Waals surface area contributed by atoms with Gasteiger partial charge in [-0.2, -0.15) is 5.26 Å². The second kappa shape index (κ2) is 4.43. The van der Waals surface area contributed by atoms with Crippen LogP contribution in [0.25, 0.3) is 0 Å². The van der Waals surface area contributed by atoms with Crippen LogP contribution in [0.5, 0.6) is 0 Å². The second-order valence-corrected chi connectivity index (χ2v) is 2.83. The summed E-state index contributed by atoms with van der Waals surface area (Å²) in [7, 11) is 1.35. The zero-order valence-electron chi connectivity index (χ0n) is 8.20. The Morgan fingerprint density at radius 3 is 2.79 bits per heavy atom. The first kappa shape index (κ1) is 10.3. The Bertz CT molecular complexity index is 391. The van der Waals surface area contributed by atoms with Crippen LogP contribution in [0.15, 0.2) is 18.2 Å². The minimum absolute atomic E-state index is 0.355. The van der Waals surface area contributed by atoms with E-state index in [9.17, 15) is 4.79 Å². The first-order chi connectivity index (χ1) is 6.72. The lowest BCUT2D eigenvalue weighted by atomic mass is 10.0. The van der Waals surface area contributed by atoms with Crippen LogP contribution in [0, 0.1) is 11.3 Å². The fourth-order valence-corrected chi connectivity index (χ4v) is 1.26. The number of aryl methyl sites for hydroxylation is 1. The average Bonchev–Trinajstić information content (AvgIpc) is 2.27. The highest BCUT2D eigenvalue weighted by atomic mass is 16.5. The molecule has 0 spiro atoms. The maximum Gasteiger partial charge on any atom is 0.338 e. The van der Waals surface area contributed by atoms with Crippen molar-refractivity contribution in [2.75, 3.05) is 7.11 Å². The smallest absolute Gasteiger partial charge is 0.338 e. The van der Waals surface area contributed by atoms with Crippen molar-refractivity contribution in [3.63, 3.8) is 0 Å². The van der Waals surface area contributed by atoms with Crippen molar-refractivity contribution in [2.24, 2.45) is 0 Å². The topological polar surface area (TPSA) is 50.1 Å². The standard InChI is InChI=1S/C11H11NO2/c1-3-9-6-8(7-12)4-5-10(9)11(13)14-2/h4-6H,3H2,1-2H3. The van der Waals surface area contributed by atoms with E-state index in [2.05, 4.69) is 4.74 Å². The predicted molar refractivity (Wildman–Crippen MR) is 51.9 cm³/mol. The predicted octanol–water partition coefficient (Wildman–Crippen LogP) is 1.91. The number of ether oxygens (including phenoxy) is 1. The van der Waals surface area contributed by atoms with E-state index in [-0.39, 0.29) is 5.97 Å². The van der Waals surface area contributed by atoms with Gasteiger partial charge in [0.2, 0.25) is 0 Å². The molecule has 0 saturated heterocycles. The Morgan fingerprint density at radius 2 is 2.29 bits per heavy atom. The van der Waals surface area contributed by atoms with E-state index in [4.69, 9.17) is 5.26 Å². The maximum atomic E-state index is 11.3. The number of benzene rings is 1. The summed E-state index contributed by atoms with van der Waals surface area (Å²) in [5.41, 5.74) is 1.94. The van der Waals surface area contributed by atoms with Gasteiger partial charge in [0.1, 0.15) is 0 Å². The minimum atomic E-state index is -0.355. The Morgan fingerprint density at radius 1 is 1.57 bits per heavy atom. The van der Waals surface area contributed by atoms with Crippen LogP contribution >= 0.6 is 0 Å². The van der Waals surface area contributed by atoms with Crippen LogP contribution in [0.1, 0.15) is 28.4 Å². The first-order valence-electron chi connectivity index (χ1n) is 4.34. The summed E-state index contributed by atoms with van der Waals surface area (Å²) < 4.78 is 4.63. The molecule has 1 aromatic carbocycles. The van der Waals surface area contributed by atoms with E-state index in [0.29, 0.717) is 17.5 Å². The lowest BCUT2D eigenvalue weighted by molar-refractivity contribution is 0.0599. The van der Waals surface area contributed by atoms with E-state index in [1.54, 1.807) is 18.2 Å². The van der Waals surface area contributed by atoms with Crippen LogP contribution in [0.3, 0.4) is 0 Å². The number of hydrogen-bond donors (Lipinski definition) is 0. The number of nitrogens with zero attached hydrogens (tertiary/aromatic N) is 1. The lowest BCUT2D eigenvalue weighted by Crippen LogP contribution is -2.05. The molecule has 0 bridgehead atoms. The molecule has 0 heterocycles. The number of carbonyl (C=O) groups is 1. The molecule has 0 radical (unpaired) electrons. The highest BCUT2D eigenvalue weighted by Gasteiger charge is 2.10. The van der Waals surface area contributed by atoms with Gasteiger partial charge in [0.05, 0.1) is 24.3 Å². The molecule has 3 nitrogen and oxygen atoms in total. The molecule has 0 unspecified atom stereocenters. The second-order valence-electron chi connectivity index (χ2n) is 2.83. The number of carbonyl (C=O) groups excluding carboxylic acids is 1. The zero-order chi connectivity index (χ0) is 10.6. The molecular formula is C11H11NO2. The van der Waals surface area contributed by atoms with Crippen molar-refractivity contribution in [3.8, 4) is 6.07 Å². The van der Waals surface area contributed by atoms with Gasteiger partial charge in [-0.1, -0.05) is 6.92 Å². The number of rotatable bonds is 2. The van der Waals surface area contributed by atoms with Crippen molar-refractivity contribution in [3.05, 3.63) is 34.9 Å². The maximum absolute atomic E-state index is 11.3. The Labute approximate surface area is 82.9 Å². The van der Waals surface area contributed by atoms with Crippen LogP contribution in [-0.4, -0.2) is 13.1 Å². The van der Waals surface area contributed by atoms with Crippen molar-refractivity contribution < 1.29 is 9.53 Å². The Balaban J connectivity index is 3.19. The molecule has 0 fully saturated rings. The van der Waals surface area contributed by atoms with Gasteiger partial charge in [0.25, 0.3) is 0 Å². The van der Waals surface area contributed by atoms with Gasteiger partial charge in [-0.05, 0) is 30.2 Å². The lowest BCUT2D eigenvalue weighted by Gasteiger charge is -2.05. The molecule has 72 valence electrons. The van der Waals surface area contributed by atoms with Crippen LogP contribution in [-0.2, 0) is 11.2 Å². The third-order valence-electron chi connectivity index (χ3n) is 2.02. The van der Waals surface area contributed by atoms with Crippen molar-refractivity contribution in [1.29, 1.82) is 5.26 Å². The SMILES string of the molecule is CCc1cc(C#N)ccc1C(=O)OC. The van der Waals surface area contributed by atoms with Crippen molar-refractivity contribution >= 4 is 5.97 Å².